The van der Waals surface area contributed by atoms with Crippen LogP contribution in [-0.2, 0) is 6.42 Å². The van der Waals surface area contributed by atoms with Gasteiger partial charge in [0.05, 0.1) is 4.34 Å². The number of nitrogens with two attached hydrogens (primary N) is 1. The van der Waals surface area contributed by atoms with E-state index in [2.05, 4.69) is 0 Å². The SMILES string of the molecule is CC(F)(CN)Cc1ccc(Cl)s1. The molecular weight excluding hydrogens is 197 g/mol. The third-order valence-corrected chi connectivity index (χ3v) is 2.83. The Morgan fingerprint density at radius 1 is 1.67 bits per heavy atom. The minimum Gasteiger partial charge on any atom is -0.328 e. The van der Waals surface area contributed by atoms with Crippen LogP contribution in [0.5, 0.6) is 0 Å². The van der Waals surface area contributed by atoms with Crippen molar-refractivity contribution in [3.63, 3.8) is 0 Å². The molecule has 1 nitrogen and oxygen atoms in total. The molecule has 0 aliphatic rings. The minimum atomic E-state index is -1.31. The number of alkyl halides is 1. The zero-order valence-corrected chi connectivity index (χ0v) is 8.38. The fourth-order valence-corrected chi connectivity index (χ4v) is 2.14. The van der Waals surface area contributed by atoms with E-state index in [9.17, 15) is 4.39 Å². The summed E-state index contributed by atoms with van der Waals surface area (Å²) < 4.78 is 14.0. The Hall–Kier alpha value is -0.120. The Morgan fingerprint density at radius 3 is 2.75 bits per heavy atom. The van der Waals surface area contributed by atoms with E-state index in [1.807, 2.05) is 6.07 Å². The van der Waals surface area contributed by atoms with Crippen molar-refractivity contribution in [2.24, 2.45) is 5.73 Å². The summed E-state index contributed by atoms with van der Waals surface area (Å²) in [6.45, 7) is 1.54. The van der Waals surface area contributed by atoms with Crippen molar-refractivity contribution in [2.45, 2.75) is 19.0 Å². The molecule has 0 aromatic carbocycles. The summed E-state index contributed by atoms with van der Waals surface area (Å²) in [6.07, 6.45) is 0.348. The van der Waals surface area contributed by atoms with Gasteiger partial charge >= 0.3 is 0 Å². The standard InChI is InChI=1S/C8H11ClFNS/c1-8(10,5-11)4-6-2-3-7(9)12-6/h2-3H,4-5,11H2,1H3. The summed E-state index contributed by atoms with van der Waals surface area (Å²) in [5.41, 5.74) is 3.95. The maximum Gasteiger partial charge on any atom is 0.125 e. The quantitative estimate of drug-likeness (QED) is 0.811. The lowest BCUT2D eigenvalue weighted by molar-refractivity contribution is 0.201. The maximum atomic E-state index is 13.4. The predicted molar refractivity (Wildman–Crippen MR) is 51.6 cm³/mol. The van der Waals surface area contributed by atoms with Gasteiger partial charge in [-0.1, -0.05) is 11.6 Å². The van der Waals surface area contributed by atoms with E-state index in [0.29, 0.717) is 10.8 Å². The highest BCUT2D eigenvalue weighted by Crippen LogP contribution is 2.26. The molecule has 0 spiro atoms. The van der Waals surface area contributed by atoms with Crippen LogP contribution < -0.4 is 5.73 Å². The first-order chi connectivity index (χ1) is 5.53. The van der Waals surface area contributed by atoms with Gasteiger partial charge in [0.1, 0.15) is 5.67 Å². The molecule has 2 N–H and O–H groups in total. The first-order valence-electron chi connectivity index (χ1n) is 3.67. The largest absolute Gasteiger partial charge is 0.328 e. The highest BCUT2D eigenvalue weighted by molar-refractivity contribution is 7.16. The molecule has 0 bridgehead atoms. The van der Waals surface area contributed by atoms with Gasteiger partial charge in [-0.15, -0.1) is 11.3 Å². The van der Waals surface area contributed by atoms with Crippen LogP contribution in [0.3, 0.4) is 0 Å². The number of hydrogen-bond donors (Lipinski definition) is 1. The molecule has 1 heterocycles. The van der Waals surface area contributed by atoms with Gasteiger partial charge in [-0.2, -0.15) is 0 Å². The normalized spacial score (nSPS) is 16.0. The molecule has 68 valence electrons. The van der Waals surface area contributed by atoms with Crippen LogP contribution in [0.4, 0.5) is 4.39 Å². The Balaban J connectivity index is 2.63. The minimum absolute atomic E-state index is 0.0442. The third kappa shape index (κ3) is 2.73. The second-order valence-corrected chi connectivity index (χ2v) is 4.80. The fourth-order valence-electron chi connectivity index (χ4n) is 0.882. The van der Waals surface area contributed by atoms with Crippen molar-refractivity contribution in [2.75, 3.05) is 6.54 Å². The zero-order valence-electron chi connectivity index (χ0n) is 6.81. The Bertz CT molecular complexity index is 259. The highest BCUT2D eigenvalue weighted by Gasteiger charge is 2.22. The van der Waals surface area contributed by atoms with Gasteiger partial charge in [-0.25, -0.2) is 4.39 Å². The number of thiophene rings is 1. The Morgan fingerprint density at radius 2 is 2.33 bits per heavy atom. The van der Waals surface area contributed by atoms with Gasteiger partial charge in [0.2, 0.25) is 0 Å². The van der Waals surface area contributed by atoms with Gasteiger partial charge in [-0.3, -0.25) is 0 Å². The lowest BCUT2D eigenvalue weighted by Gasteiger charge is -2.15. The highest BCUT2D eigenvalue weighted by atomic mass is 35.5. The fraction of sp³-hybridized carbons (Fsp3) is 0.500. The van der Waals surface area contributed by atoms with Crippen molar-refractivity contribution >= 4 is 22.9 Å². The second kappa shape index (κ2) is 3.73. The third-order valence-electron chi connectivity index (χ3n) is 1.60. The second-order valence-electron chi connectivity index (χ2n) is 3.00. The van der Waals surface area contributed by atoms with E-state index >= 15 is 0 Å². The predicted octanol–water partition coefficient (Wildman–Crippen LogP) is 2.63. The van der Waals surface area contributed by atoms with E-state index in [-0.39, 0.29) is 6.54 Å². The first-order valence-corrected chi connectivity index (χ1v) is 4.86. The monoisotopic (exact) mass is 207 g/mol. The number of hydrogen-bond acceptors (Lipinski definition) is 2. The van der Waals surface area contributed by atoms with Gasteiger partial charge < -0.3 is 5.73 Å². The summed E-state index contributed by atoms with van der Waals surface area (Å²) in [6, 6.07) is 3.61. The van der Waals surface area contributed by atoms with E-state index in [0.717, 1.165) is 4.88 Å². The summed E-state index contributed by atoms with van der Waals surface area (Å²) in [7, 11) is 0. The molecule has 1 aromatic heterocycles. The number of halogens is 2. The molecular formula is C8H11ClFNS. The van der Waals surface area contributed by atoms with Crippen molar-refractivity contribution < 1.29 is 4.39 Å². The summed E-state index contributed by atoms with van der Waals surface area (Å²) in [5, 5.41) is 0. The van der Waals surface area contributed by atoms with Crippen LogP contribution in [0, 0.1) is 0 Å². The summed E-state index contributed by atoms with van der Waals surface area (Å²) >= 11 is 7.10. The summed E-state index contributed by atoms with van der Waals surface area (Å²) in [5.74, 6) is 0. The molecule has 0 aliphatic carbocycles. The van der Waals surface area contributed by atoms with E-state index in [1.54, 1.807) is 6.07 Å². The zero-order chi connectivity index (χ0) is 9.19. The molecule has 0 radical (unpaired) electrons. The molecule has 0 saturated carbocycles. The Kier molecular flexibility index (Phi) is 3.09. The van der Waals surface area contributed by atoms with Crippen molar-refractivity contribution in [3.8, 4) is 0 Å². The molecule has 4 heteroatoms. The average molecular weight is 208 g/mol. The van der Waals surface area contributed by atoms with Crippen molar-refractivity contribution in [1.29, 1.82) is 0 Å². The summed E-state index contributed by atoms with van der Waals surface area (Å²) in [4.78, 5) is 0.940. The van der Waals surface area contributed by atoms with Crippen LogP contribution in [0.25, 0.3) is 0 Å². The van der Waals surface area contributed by atoms with Gasteiger partial charge in [0.15, 0.2) is 0 Å². The van der Waals surface area contributed by atoms with E-state index in [1.165, 1.54) is 18.3 Å². The number of rotatable bonds is 3. The molecule has 0 amide bonds. The molecule has 1 atom stereocenters. The van der Waals surface area contributed by atoms with Gasteiger partial charge in [-0.05, 0) is 19.1 Å². The van der Waals surface area contributed by atoms with Gasteiger partial charge in [0.25, 0.3) is 0 Å². The lowest BCUT2D eigenvalue weighted by Crippen LogP contribution is -2.31. The molecule has 0 saturated heterocycles. The first kappa shape index (κ1) is 9.96. The van der Waals surface area contributed by atoms with Crippen LogP contribution in [0.15, 0.2) is 12.1 Å². The molecule has 1 rings (SSSR count). The van der Waals surface area contributed by atoms with Crippen LogP contribution >= 0.6 is 22.9 Å². The molecule has 0 aliphatic heterocycles. The average Bonchev–Trinajstić information content (AvgIpc) is 2.35. The molecule has 0 fully saturated rings. The van der Waals surface area contributed by atoms with Crippen LogP contribution in [0.1, 0.15) is 11.8 Å². The van der Waals surface area contributed by atoms with Crippen LogP contribution in [0.2, 0.25) is 4.34 Å². The van der Waals surface area contributed by atoms with Gasteiger partial charge in [0, 0.05) is 17.8 Å². The molecule has 1 unspecified atom stereocenters. The smallest absolute Gasteiger partial charge is 0.125 e. The van der Waals surface area contributed by atoms with Crippen molar-refractivity contribution in [1.82, 2.24) is 0 Å². The topological polar surface area (TPSA) is 26.0 Å². The van der Waals surface area contributed by atoms with E-state index in [4.69, 9.17) is 17.3 Å². The van der Waals surface area contributed by atoms with E-state index < -0.39 is 5.67 Å². The Labute approximate surface area is 80.3 Å². The van der Waals surface area contributed by atoms with Crippen molar-refractivity contribution in [3.05, 3.63) is 21.3 Å². The molecule has 1 aromatic rings. The maximum absolute atomic E-state index is 13.4. The molecule has 12 heavy (non-hydrogen) atoms. The lowest BCUT2D eigenvalue weighted by atomic mass is 10.0. The van der Waals surface area contributed by atoms with Crippen LogP contribution in [-0.4, -0.2) is 12.2 Å².